The molecule has 0 saturated heterocycles. The van der Waals surface area contributed by atoms with Gasteiger partial charge in [0.2, 0.25) is 0 Å². The Balaban J connectivity index is 1.51. The van der Waals surface area contributed by atoms with Crippen molar-refractivity contribution in [1.29, 1.82) is 0 Å². The number of carbonyl (C=O) groups is 1. The summed E-state index contributed by atoms with van der Waals surface area (Å²) in [4.78, 5) is 16.5. The first-order valence-electron chi connectivity index (χ1n) is 6.86. The van der Waals surface area contributed by atoms with E-state index in [0.29, 0.717) is 23.7 Å². The summed E-state index contributed by atoms with van der Waals surface area (Å²) >= 11 is 7.59. The van der Waals surface area contributed by atoms with Gasteiger partial charge < -0.3 is 10.6 Å². The van der Waals surface area contributed by atoms with Crippen LogP contribution >= 0.6 is 22.9 Å². The molecule has 0 saturated carbocycles. The van der Waals surface area contributed by atoms with Crippen LogP contribution in [0.2, 0.25) is 5.02 Å². The maximum absolute atomic E-state index is 12.0. The highest BCUT2D eigenvalue weighted by Crippen LogP contribution is 2.24. The molecule has 0 radical (unpaired) electrons. The van der Waals surface area contributed by atoms with E-state index >= 15 is 0 Å². The van der Waals surface area contributed by atoms with Gasteiger partial charge in [0, 0.05) is 13.1 Å². The molecule has 6 heteroatoms. The number of rotatable bonds is 5. The molecule has 0 aliphatic carbocycles. The highest BCUT2D eigenvalue weighted by molar-refractivity contribution is 7.22. The summed E-state index contributed by atoms with van der Waals surface area (Å²) in [6, 6.07) is 15.0. The first-order chi connectivity index (χ1) is 10.7. The molecule has 4 nitrogen and oxygen atoms in total. The van der Waals surface area contributed by atoms with Crippen molar-refractivity contribution in [2.24, 2.45) is 0 Å². The Morgan fingerprint density at radius 3 is 2.68 bits per heavy atom. The van der Waals surface area contributed by atoms with Crippen LogP contribution in [-0.2, 0) is 0 Å². The SMILES string of the molecule is O=C(NCCNc1nc2ccccc2s1)c1ccccc1Cl. The molecule has 22 heavy (non-hydrogen) atoms. The predicted molar refractivity (Wildman–Crippen MR) is 91.9 cm³/mol. The Bertz CT molecular complexity index is 770. The molecule has 3 aromatic rings. The minimum absolute atomic E-state index is 0.170. The second kappa shape index (κ2) is 6.77. The van der Waals surface area contributed by atoms with Crippen molar-refractivity contribution in [2.45, 2.75) is 0 Å². The molecule has 0 fully saturated rings. The van der Waals surface area contributed by atoms with Crippen LogP contribution < -0.4 is 10.6 Å². The maximum atomic E-state index is 12.0. The van der Waals surface area contributed by atoms with Crippen LogP contribution in [0.15, 0.2) is 48.5 Å². The highest BCUT2D eigenvalue weighted by Gasteiger charge is 2.08. The fourth-order valence-corrected chi connectivity index (χ4v) is 3.15. The number of fused-ring (bicyclic) bond motifs is 1. The third-order valence-electron chi connectivity index (χ3n) is 3.10. The molecule has 2 aromatic carbocycles. The molecule has 0 spiro atoms. The lowest BCUT2D eigenvalue weighted by atomic mass is 10.2. The number of hydrogen-bond acceptors (Lipinski definition) is 4. The van der Waals surface area contributed by atoms with E-state index in [1.807, 2.05) is 24.3 Å². The average Bonchev–Trinajstić information content (AvgIpc) is 2.94. The van der Waals surface area contributed by atoms with Gasteiger partial charge in [-0.05, 0) is 24.3 Å². The fourth-order valence-electron chi connectivity index (χ4n) is 2.03. The number of amides is 1. The lowest BCUT2D eigenvalue weighted by Gasteiger charge is -2.07. The third kappa shape index (κ3) is 3.37. The Kier molecular flexibility index (Phi) is 4.56. The van der Waals surface area contributed by atoms with Gasteiger partial charge >= 0.3 is 0 Å². The summed E-state index contributed by atoms with van der Waals surface area (Å²) in [5, 5.41) is 7.36. The van der Waals surface area contributed by atoms with Crippen LogP contribution in [0.1, 0.15) is 10.4 Å². The summed E-state index contributed by atoms with van der Waals surface area (Å²) in [5.41, 5.74) is 1.47. The van der Waals surface area contributed by atoms with Crippen molar-refractivity contribution in [3.8, 4) is 0 Å². The van der Waals surface area contributed by atoms with Crippen LogP contribution in [0, 0.1) is 0 Å². The van der Waals surface area contributed by atoms with Gasteiger partial charge in [-0.3, -0.25) is 4.79 Å². The zero-order valence-electron chi connectivity index (χ0n) is 11.7. The maximum Gasteiger partial charge on any atom is 0.252 e. The monoisotopic (exact) mass is 331 g/mol. The van der Waals surface area contributed by atoms with Crippen LogP contribution in [0.25, 0.3) is 10.2 Å². The molecule has 1 heterocycles. The van der Waals surface area contributed by atoms with E-state index in [4.69, 9.17) is 11.6 Å². The highest BCUT2D eigenvalue weighted by atomic mass is 35.5. The van der Waals surface area contributed by atoms with E-state index in [1.54, 1.807) is 35.6 Å². The first-order valence-corrected chi connectivity index (χ1v) is 8.05. The Morgan fingerprint density at radius 1 is 1.09 bits per heavy atom. The fraction of sp³-hybridized carbons (Fsp3) is 0.125. The van der Waals surface area contributed by atoms with Crippen LogP contribution in [0.3, 0.4) is 0 Å². The van der Waals surface area contributed by atoms with E-state index in [-0.39, 0.29) is 5.91 Å². The Hall–Kier alpha value is -2.11. The van der Waals surface area contributed by atoms with Crippen molar-refractivity contribution in [3.05, 3.63) is 59.1 Å². The van der Waals surface area contributed by atoms with Gasteiger partial charge in [0.05, 0.1) is 20.8 Å². The zero-order valence-corrected chi connectivity index (χ0v) is 13.2. The molecule has 0 aliphatic heterocycles. The van der Waals surface area contributed by atoms with Gasteiger partial charge in [0.15, 0.2) is 5.13 Å². The normalized spacial score (nSPS) is 10.6. The number of nitrogens with one attached hydrogen (secondary N) is 2. The largest absolute Gasteiger partial charge is 0.360 e. The van der Waals surface area contributed by atoms with Gasteiger partial charge in [0.25, 0.3) is 5.91 Å². The summed E-state index contributed by atoms with van der Waals surface area (Å²) in [6.45, 7) is 1.11. The molecule has 1 amide bonds. The van der Waals surface area contributed by atoms with E-state index in [1.165, 1.54) is 0 Å². The van der Waals surface area contributed by atoms with Crippen LogP contribution in [0.4, 0.5) is 5.13 Å². The number of aromatic nitrogens is 1. The number of hydrogen-bond donors (Lipinski definition) is 2. The molecule has 3 rings (SSSR count). The number of anilines is 1. The summed E-state index contributed by atoms with van der Waals surface area (Å²) < 4.78 is 1.14. The smallest absolute Gasteiger partial charge is 0.252 e. The minimum Gasteiger partial charge on any atom is -0.360 e. The lowest BCUT2D eigenvalue weighted by molar-refractivity contribution is 0.0955. The van der Waals surface area contributed by atoms with Crippen LogP contribution in [-0.4, -0.2) is 24.0 Å². The van der Waals surface area contributed by atoms with Gasteiger partial charge in [0.1, 0.15) is 0 Å². The molecule has 1 aromatic heterocycles. The van der Waals surface area contributed by atoms with Crippen LogP contribution in [0.5, 0.6) is 0 Å². The van der Waals surface area contributed by atoms with Crippen molar-refractivity contribution >= 4 is 44.2 Å². The molecule has 0 unspecified atom stereocenters. The number of halogens is 1. The van der Waals surface area contributed by atoms with Crippen molar-refractivity contribution in [3.63, 3.8) is 0 Å². The summed E-state index contributed by atoms with van der Waals surface area (Å²) in [5.74, 6) is -0.170. The van der Waals surface area contributed by atoms with Gasteiger partial charge in [-0.25, -0.2) is 4.98 Å². The van der Waals surface area contributed by atoms with E-state index in [9.17, 15) is 4.79 Å². The van der Waals surface area contributed by atoms with E-state index in [2.05, 4.69) is 15.6 Å². The average molecular weight is 332 g/mol. The minimum atomic E-state index is -0.170. The van der Waals surface area contributed by atoms with Gasteiger partial charge in [-0.1, -0.05) is 47.2 Å². The Labute approximate surface area is 137 Å². The topological polar surface area (TPSA) is 54.0 Å². The molecule has 2 N–H and O–H groups in total. The van der Waals surface area contributed by atoms with Gasteiger partial charge in [-0.15, -0.1) is 0 Å². The first kappa shape index (κ1) is 14.8. The molecule has 0 atom stereocenters. The summed E-state index contributed by atoms with van der Waals surface area (Å²) in [7, 11) is 0. The number of thiazole rings is 1. The predicted octanol–water partition coefficient (Wildman–Crippen LogP) is 3.79. The zero-order chi connectivity index (χ0) is 15.4. The molecule has 0 aliphatic rings. The molecule has 112 valence electrons. The molecular weight excluding hydrogens is 318 g/mol. The van der Waals surface area contributed by atoms with E-state index in [0.717, 1.165) is 15.3 Å². The Morgan fingerprint density at radius 2 is 1.86 bits per heavy atom. The number of benzene rings is 2. The molecular formula is C16H14ClN3OS. The second-order valence-corrected chi connectivity index (χ2v) is 6.09. The number of nitrogens with zero attached hydrogens (tertiary/aromatic N) is 1. The number of carbonyl (C=O) groups excluding carboxylic acids is 1. The summed E-state index contributed by atoms with van der Waals surface area (Å²) in [6.07, 6.45) is 0. The quantitative estimate of drug-likeness (QED) is 0.699. The molecule has 0 bridgehead atoms. The standard InChI is InChI=1S/C16H14ClN3OS/c17-12-6-2-1-5-11(12)15(21)18-9-10-19-16-20-13-7-3-4-8-14(13)22-16/h1-8H,9-10H2,(H,18,21)(H,19,20). The lowest BCUT2D eigenvalue weighted by Crippen LogP contribution is -2.28. The van der Waals surface area contributed by atoms with E-state index < -0.39 is 0 Å². The van der Waals surface area contributed by atoms with Crippen molar-refractivity contribution < 1.29 is 4.79 Å². The van der Waals surface area contributed by atoms with Gasteiger partial charge in [-0.2, -0.15) is 0 Å². The number of para-hydroxylation sites is 1. The second-order valence-electron chi connectivity index (χ2n) is 4.65. The van der Waals surface area contributed by atoms with Crippen molar-refractivity contribution in [1.82, 2.24) is 10.3 Å². The third-order valence-corrected chi connectivity index (χ3v) is 4.42. The van der Waals surface area contributed by atoms with Crippen molar-refractivity contribution in [2.75, 3.05) is 18.4 Å².